The van der Waals surface area contributed by atoms with Crippen molar-refractivity contribution in [3.05, 3.63) is 76.4 Å². The molecule has 1 amide bonds. The number of benzene rings is 2. The highest BCUT2D eigenvalue weighted by atomic mass is 35.5. The Labute approximate surface area is 245 Å². The van der Waals surface area contributed by atoms with Crippen molar-refractivity contribution in [1.29, 1.82) is 0 Å². The van der Waals surface area contributed by atoms with E-state index in [1.165, 1.54) is 32.0 Å². The number of hydrogen-bond donors (Lipinski definition) is 0. The van der Waals surface area contributed by atoms with Gasteiger partial charge < -0.3 is 9.80 Å². The lowest BCUT2D eigenvalue weighted by atomic mass is 9.81. The van der Waals surface area contributed by atoms with Crippen molar-refractivity contribution in [3.8, 4) is 11.1 Å². The average molecular weight is 620 g/mol. The molecule has 0 atom stereocenters. The molecule has 41 heavy (non-hydrogen) atoms. The molecule has 0 radical (unpaired) electrons. The van der Waals surface area contributed by atoms with Crippen molar-refractivity contribution in [1.82, 2.24) is 4.98 Å². The summed E-state index contributed by atoms with van der Waals surface area (Å²) in [5.74, 6) is -0.0352. The SMILES string of the molecule is CN(C(=O)C(C)(C)c1cc(C(F)(F)F)cc(C(F)(F)F)c1)c1cnc(N2CCCCC2)cc1-c1ccccc1Cl.Cl. The number of rotatable bonds is 5. The molecule has 1 saturated heterocycles. The van der Waals surface area contributed by atoms with Crippen molar-refractivity contribution < 1.29 is 31.1 Å². The fourth-order valence-electron chi connectivity index (χ4n) is 4.86. The van der Waals surface area contributed by atoms with E-state index >= 15 is 0 Å². The molecule has 0 bridgehead atoms. The summed E-state index contributed by atoms with van der Waals surface area (Å²) in [6.45, 7) is 4.22. The van der Waals surface area contributed by atoms with Gasteiger partial charge in [-0.15, -0.1) is 12.4 Å². The van der Waals surface area contributed by atoms with Crippen LogP contribution in [0.25, 0.3) is 11.1 Å². The second-order valence-corrected chi connectivity index (χ2v) is 10.8. The molecule has 4 rings (SSSR count). The number of nitrogens with zero attached hydrogens (tertiary/aromatic N) is 3. The molecule has 3 aromatic rings. The summed E-state index contributed by atoms with van der Waals surface area (Å²) in [4.78, 5) is 21.7. The number of aromatic nitrogens is 1. The minimum absolute atomic E-state index is 0. The molecule has 0 saturated carbocycles. The maximum Gasteiger partial charge on any atom is 0.416 e. The molecule has 1 fully saturated rings. The predicted molar refractivity (Wildman–Crippen MR) is 151 cm³/mol. The molecule has 0 N–H and O–H groups in total. The zero-order chi connectivity index (χ0) is 29.5. The van der Waals surface area contributed by atoms with E-state index in [0.717, 1.165) is 32.4 Å². The normalized spacial score (nSPS) is 14.4. The minimum Gasteiger partial charge on any atom is -0.357 e. The van der Waals surface area contributed by atoms with Crippen LogP contribution in [-0.2, 0) is 22.6 Å². The van der Waals surface area contributed by atoms with Crippen LogP contribution in [0, 0.1) is 0 Å². The molecule has 1 aliphatic rings. The van der Waals surface area contributed by atoms with Crippen molar-refractivity contribution in [3.63, 3.8) is 0 Å². The van der Waals surface area contributed by atoms with Crippen molar-refractivity contribution in [2.75, 3.05) is 29.9 Å². The summed E-state index contributed by atoms with van der Waals surface area (Å²) in [5, 5.41) is 0.410. The Kier molecular flexibility index (Phi) is 9.60. The van der Waals surface area contributed by atoms with Gasteiger partial charge in [-0.3, -0.25) is 4.79 Å². The topological polar surface area (TPSA) is 36.4 Å². The molecular weight excluding hydrogens is 591 g/mol. The van der Waals surface area contributed by atoms with Gasteiger partial charge in [-0.2, -0.15) is 26.3 Å². The number of halogens is 8. The Hall–Kier alpha value is -2.98. The lowest BCUT2D eigenvalue weighted by Crippen LogP contribution is -2.42. The number of pyridine rings is 1. The first-order valence-electron chi connectivity index (χ1n) is 12.7. The molecule has 2 heterocycles. The first-order chi connectivity index (χ1) is 18.6. The van der Waals surface area contributed by atoms with Gasteiger partial charge in [-0.1, -0.05) is 29.8 Å². The Morgan fingerprint density at radius 1 is 0.854 bits per heavy atom. The number of alkyl halides is 6. The van der Waals surface area contributed by atoms with E-state index < -0.39 is 40.4 Å². The molecule has 1 aliphatic heterocycles. The minimum atomic E-state index is -5.04. The standard InChI is InChI=1S/C29H28ClF6N3O.ClH/c1-27(2,18-13-19(28(31,32)33)15-20(14-18)29(34,35)36)26(40)38(3)24-17-37-25(39-11-7-4-8-12-39)16-22(24)21-9-5-6-10-23(21)30;/h5-6,9-10,13-17H,4,7-8,11-12H2,1-3H3;1H. The van der Waals surface area contributed by atoms with Crippen LogP contribution in [0.15, 0.2) is 54.7 Å². The number of anilines is 2. The summed E-state index contributed by atoms with van der Waals surface area (Å²) >= 11 is 6.51. The quantitative estimate of drug-likeness (QED) is 0.268. The molecule has 12 heteroatoms. The number of carbonyl (C=O) groups excluding carboxylic acids is 1. The summed E-state index contributed by atoms with van der Waals surface area (Å²) < 4.78 is 81.2. The van der Waals surface area contributed by atoms with Crippen LogP contribution in [0.4, 0.5) is 37.8 Å². The van der Waals surface area contributed by atoms with Gasteiger partial charge in [0, 0.05) is 36.3 Å². The number of amides is 1. The van der Waals surface area contributed by atoms with Crippen molar-refractivity contribution in [2.24, 2.45) is 0 Å². The average Bonchev–Trinajstić information content (AvgIpc) is 2.91. The number of piperidine rings is 1. The second-order valence-electron chi connectivity index (χ2n) is 10.4. The zero-order valence-electron chi connectivity index (χ0n) is 22.5. The van der Waals surface area contributed by atoms with Crippen LogP contribution in [0.3, 0.4) is 0 Å². The number of carbonyl (C=O) groups is 1. The molecule has 0 spiro atoms. The van der Waals surface area contributed by atoms with Gasteiger partial charge in [-0.25, -0.2) is 4.98 Å². The summed E-state index contributed by atoms with van der Waals surface area (Å²) in [6.07, 6.45) is -5.45. The van der Waals surface area contributed by atoms with E-state index in [1.807, 2.05) is 6.07 Å². The molecule has 0 aliphatic carbocycles. The van der Waals surface area contributed by atoms with Gasteiger partial charge in [0.2, 0.25) is 5.91 Å². The smallest absolute Gasteiger partial charge is 0.357 e. The van der Waals surface area contributed by atoms with Crippen LogP contribution in [0.2, 0.25) is 5.02 Å². The van der Waals surface area contributed by atoms with Gasteiger partial charge in [-0.05, 0) is 69.0 Å². The third-order valence-electron chi connectivity index (χ3n) is 7.22. The first kappa shape index (κ1) is 32.5. The van der Waals surface area contributed by atoms with Crippen LogP contribution in [0.5, 0.6) is 0 Å². The Balaban J connectivity index is 0.00000462. The number of hydrogen-bond acceptors (Lipinski definition) is 3. The van der Waals surface area contributed by atoms with Crippen LogP contribution in [0.1, 0.15) is 49.8 Å². The fourth-order valence-corrected chi connectivity index (χ4v) is 5.10. The molecule has 1 aromatic heterocycles. The maximum atomic E-state index is 13.8. The highest BCUT2D eigenvalue weighted by Gasteiger charge is 2.41. The Morgan fingerprint density at radius 2 is 1.39 bits per heavy atom. The first-order valence-corrected chi connectivity index (χ1v) is 13.1. The highest BCUT2D eigenvalue weighted by molar-refractivity contribution is 6.33. The molecular formula is C29H29Cl2F6N3O. The predicted octanol–water partition coefficient (Wildman–Crippen LogP) is 8.79. The second kappa shape index (κ2) is 12.1. The van der Waals surface area contributed by atoms with Crippen LogP contribution >= 0.6 is 24.0 Å². The summed E-state index contributed by atoms with van der Waals surface area (Å²) in [6, 6.07) is 10.0. The highest BCUT2D eigenvalue weighted by Crippen LogP contribution is 2.42. The Bertz CT molecular complexity index is 1370. The summed E-state index contributed by atoms with van der Waals surface area (Å²) in [7, 11) is 1.42. The molecule has 222 valence electrons. The van der Waals surface area contributed by atoms with E-state index in [4.69, 9.17) is 11.6 Å². The lowest BCUT2D eigenvalue weighted by molar-refractivity contribution is -0.143. The van der Waals surface area contributed by atoms with Crippen LogP contribution < -0.4 is 9.80 Å². The van der Waals surface area contributed by atoms with E-state index in [9.17, 15) is 31.1 Å². The fraction of sp³-hybridized carbons (Fsp3) is 0.379. The van der Waals surface area contributed by atoms with E-state index in [1.54, 1.807) is 24.3 Å². The van der Waals surface area contributed by atoms with Gasteiger partial charge in [0.05, 0.1) is 28.4 Å². The van der Waals surface area contributed by atoms with E-state index in [2.05, 4.69) is 9.88 Å². The third-order valence-corrected chi connectivity index (χ3v) is 7.55. The van der Waals surface area contributed by atoms with Gasteiger partial charge in [0.1, 0.15) is 5.82 Å². The number of likely N-dealkylation sites (N-methyl/N-ethyl adjacent to an activating group) is 1. The van der Waals surface area contributed by atoms with E-state index in [0.29, 0.717) is 39.8 Å². The van der Waals surface area contributed by atoms with Crippen molar-refractivity contribution in [2.45, 2.75) is 50.9 Å². The van der Waals surface area contributed by atoms with Gasteiger partial charge in [0.15, 0.2) is 0 Å². The maximum absolute atomic E-state index is 13.8. The lowest BCUT2D eigenvalue weighted by Gasteiger charge is -2.33. The van der Waals surface area contributed by atoms with Gasteiger partial charge >= 0.3 is 12.4 Å². The third kappa shape index (κ3) is 6.92. The zero-order valence-corrected chi connectivity index (χ0v) is 24.1. The molecule has 2 aromatic carbocycles. The Morgan fingerprint density at radius 3 is 1.93 bits per heavy atom. The van der Waals surface area contributed by atoms with E-state index in [-0.39, 0.29) is 18.5 Å². The monoisotopic (exact) mass is 619 g/mol. The van der Waals surface area contributed by atoms with Crippen molar-refractivity contribution >= 4 is 41.4 Å². The molecule has 4 nitrogen and oxygen atoms in total. The van der Waals surface area contributed by atoms with Gasteiger partial charge in [0.25, 0.3) is 0 Å². The van der Waals surface area contributed by atoms with Crippen LogP contribution in [-0.4, -0.2) is 31.0 Å². The largest absolute Gasteiger partial charge is 0.416 e. The summed E-state index contributed by atoms with van der Waals surface area (Å²) in [5.41, 5.74) is -3.66. The molecule has 0 unspecified atom stereocenters.